The molecule has 1 aliphatic rings. The van der Waals surface area contributed by atoms with Crippen molar-refractivity contribution in [3.05, 3.63) is 0 Å². The first-order valence-electron chi connectivity index (χ1n) is 7.44. The monoisotopic (exact) mass is 241 g/mol. The van der Waals surface area contributed by atoms with E-state index in [1.807, 2.05) is 0 Å². The molecule has 0 aromatic heterocycles. The molecule has 0 unspecified atom stereocenters. The van der Waals surface area contributed by atoms with Crippen molar-refractivity contribution in [3.63, 3.8) is 0 Å². The molecule has 1 saturated heterocycles. The minimum absolute atomic E-state index is 1.14. The minimum Gasteiger partial charge on any atom is -0.315 e. The van der Waals surface area contributed by atoms with Crippen molar-refractivity contribution >= 4 is 0 Å². The van der Waals surface area contributed by atoms with Crippen molar-refractivity contribution in [1.29, 1.82) is 0 Å². The van der Waals surface area contributed by atoms with Gasteiger partial charge in [-0.05, 0) is 45.9 Å². The Balaban J connectivity index is 1.85. The van der Waals surface area contributed by atoms with Crippen molar-refractivity contribution in [1.82, 2.24) is 15.1 Å². The van der Waals surface area contributed by atoms with Crippen molar-refractivity contribution < 1.29 is 0 Å². The van der Waals surface area contributed by atoms with Crippen LogP contribution in [0.3, 0.4) is 0 Å². The highest BCUT2D eigenvalue weighted by Crippen LogP contribution is 2.06. The molecule has 3 nitrogen and oxygen atoms in total. The molecule has 17 heavy (non-hydrogen) atoms. The highest BCUT2D eigenvalue weighted by Gasteiger charge is 2.11. The van der Waals surface area contributed by atoms with E-state index in [9.17, 15) is 0 Å². The van der Waals surface area contributed by atoms with Gasteiger partial charge in [-0.25, -0.2) is 0 Å². The van der Waals surface area contributed by atoms with Gasteiger partial charge in [0.25, 0.3) is 0 Å². The molecule has 0 radical (unpaired) electrons. The lowest BCUT2D eigenvalue weighted by molar-refractivity contribution is 0.257. The quantitative estimate of drug-likeness (QED) is 0.588. The third-order valence-corrected chi connectivity index (χ3v) is 3.62. The Hall–Kier alpha value is -0.120. The predicted molar refractivity (Wildman–Crippen MR) is 75.6 cm³/mol. The van der Waals surface area contributed by atoms with Gasteiger partial charge in [-0.3, -0.25) is 0 Å². The lowest BCUT2D eigenvalue weighted by Gasteiger charge is -2.21. The van der Waals surface area contributed by atoms with Gasteiger partial charge in [0.05, 0.1) is 0 Å². The van der Waals surface area contributed by atoms with Gasteiger partial charge in [0.15, 0.2) is 0 Å². The van der Waals surface area contributed by atoms with Crippen LogP contribution >= 0.6 is 0 Å². The van der Waals surface area contributed by atoms with Crippen LogP contribution in [0.2, 0.25) is 0 Å². The molecule has 0 atom stereocenters. The van der Waals surface area contributed by atoms with Crippen LogP contribution in [0.5, 0.6) is 0 Å². The number of likely N-dealkylation sites (tertiary alicyclic amines) is 1. The molecule has 0 bridgehead atoms. The smallest absolute Gasteiger partial charge is 0.0109 e. The topological polar surface area (TPSA) is 18.5 Å². The van der Waals surface area contributed by atoms with Crippen LogP contribution in [0.15, 0.2) is 0 Å². The largest absolute Gasteiger partial charge is 0.315 e. The summed E-state index contributed by atoms with van der Waals surface area (Å²) in [6.07, 6.45) is 6.81. The lowest BCUT2D eigenvalue weighted by atomic mass is 10.2. The van der Waals surface area contributed by atoms with E-state index in [2.05, 4.69) is 29.1 Å². The standard InChI is InChI=1S/C14H31N3/c1-3-4-5-8-15-9-12-16(2)13-14-17-10-6-7-11-17/h15H,3-14H2,1-2H3. The second-order valence-corrected chi connectivity index (χ2v) is 5.31. The maximum absolute atomic E-state index is 3.52. The third kappa shape index (κ3) is 7.74. The van der Waals surface area contributed by atoms with Gasteiger partial charge < -0.3 is 15.1 Å². The summed E-state index contributed by atoms with van der Waals surface area (Å²) < 4.78 is 0. The average molecular weight is 241 g/mol. The summed E-state index contributed by atoms with van der Waals surface area (Å²) >= 11 is 0. The molecule has 0 aromatic carbocycles. The Morgan fingerprint density at radius 1 is 1.06 bits per heavy atom. The van der Waals surface area contributed by atoms with E-state index in [4.69, 9.17) is 0 Å². The molecule has 102 valence electrons. The minimum atomic E-state index is 1.14. The maximum atomic E-state index is 3.52. The molecule has 0 aromatic rings. The van der Waals surface area contributed by atoms with Gasteiger partial charge in [-0.2, -0.15) is 0 Å². The second-order valence-electron chi connectivity index (χ2n) is 5.31. The highest BCUT2D eigenvalue weighted by atomic mass is 15.2. The summed E-state index contributed by atoms with van der Waals surface area (Å²) in [5, 5.41) is 3.52. The first-order valence-corrected chi connectivity index (χ1v) is 7.44. The number of hydrogen-bond donors (Lipinski definition) is 1. The van der Waals surface area contributed by atoms with Crippen LogP contribution in [-0.2, 0) is 0 Å². The molecule has 3 heteroatoms. The van der Waals surface area contributed by atoms with E-state index in [1.54, 1.807) is 0 Å². The summed E-state index contributed by atoms with van der Waals surface area (Å²) in [4.78, 5) is 5.04. The van der Waals surface area contributed by atoms with Gasteiger partial charge in [0, 0.05) is 26.2 Å². The summed E-state index contributed by atoms with van der Waals surface area (Å²) in [6.45, 7) is 10.9. The zero-order valence-electron chi connectivity index (χ0n) is 11.9. The van der Waals surface area contributed by atoms with Crippen molar-refractivity contribution in [2.24, 2.45) is 0 Å². The SMILES string of the molecule is CCCCCNCCN(C)CCN1CCCC1. The van der Waals surface area contributed by atoms with E-state index in [1.165, 1.54) is 71.4 Å². The number of nitrogens with one attached hydrogen (secondary N) is 1. The van der Waals surface area contributed by atoms with Crippen molar-refractivity contribution in [2.75, 3.05) is 52.9 Å². The average Bonchev–Trinajstić information content (AvgIpc) is 2.84. The molecule has 0 amide bonds. The normalized spacial score (nSPS) is 17.1. The van der Waals surface area contributed by atoms with Gasteiger partial charge in [-0.15, -0.1) is 0 Å². The maximum Gasteiger partial charge on any atom is 0.0109 e. The van der Waals surface area contributed by atoms with E-state index < -0.39 is 0 Å². The van der Waals surface area contributed by atoms with Crippen molar-refractivity contribution in [2.45, 2.75) is 39.0 Å². The Kier molecular flexibility index (Phi) is 8.67. The van der Waals surface area contributed by atoms with E-state index in [-0.39, 0.29) is 0 Å². The fourth-order valence-electron chi connectivity index (χ4n) is 2.33. The fraction of sp³-hybridized carbons (Fsp3) is 1.00. The number of unbranched alkanes of at least 4 members (excludes halogenated alkanes) is 2. The van der Waals surface area contributed by atoms with Crippen LogP contribution in [0.1, 0.15) is 39.0 Å². The van der Waals surface area contributed by atoms with E-state index >= 15 is 0 Å². The van der Waals surface area contributed by atoms with Gasteiger partial charge in [0.2, 0.25) is 0 Å². The molecule has 1 heterocycles. The van der Waals surface area contributed by atoms with Crippen molar-refractivity contribution in [3.8, 4) is 0 Å². The number of likely N-dealkylation sites (N-methyl/N-ethyl adjacent to an activating group) is 1. The zero-order chi connectivity index (χ0) is 12.3. The molecule has 0 saturated carbocycles. The molecule has 1 fully saturated rings. The molecular weight excluding hydrogens is 210 g/mol. The summed E-state index contributed by atoms with van der Waals surface area (Å²) in [5.74, 6) is 0. The first kappa shape index (κ1) is 14.9. The van der Waals surface area contributed by atoms with Crippen LogP contribution in [-0.4, -0.2) is 62.7 Å². The Morgan fingerprint density at radius 3 is 2.53 bits per heavy atom. The molecular formula is C14H31N3. The van der Waals surface area contributed by atoms with E-state index in [0.29, 0.717) is 0 Å². The zero-order valence-corrected chi connectivity index (χ0v) is 11.9. The molecule has 0 aliphatic carbocycles. The van der Waals surface area contributed by atoms with Crippen LogP contribution < -0.4 is 5.32 Å². The molecule has 1 aliphatic heterocycles. The first-order chi connectivity index (χ1) is 8.33. The summed E-state index contributed by atoms with van der Waals surface area (Å²) in [5.41, 5.74) is 0. The Labute approximate surface area is 108 Å². The van der Waals surface area contributed by atoms with Crippen LogP contribution in [0.25, 0.3) is 0 Å². The van der Waals surface area contributed by atoms with E-state index in [0.717, 1.165) is 6.54 Å². The van der Waals surface area contributed by atoms with Gasteiger partial charge in [-0.1, -0.05) is 19.8 Å². The molecule has 1 rings (SSSR count). The van der Waals surface area contributed by atoms with Crippen LogP contribution in [0, 0.1) is 0 Å². The number of rotatable bonds is 10. The summed E-state index contributed by atoms with van der Waals surface area (Å²) in [6, 6.07) is 0. The van der Waals surface area contributed by atoms with Crippen LogP contribution in [0.4, 0.5) is 0 Å². The molecule has 0 spiro atoms. The third-order valence-electron chi connectivity index (χ3n) is 3.62. The number of nitrogens with zero attached hydrogens (tertiary/aromatic N) is 2. The van der Waals surface area contributed by atoms with Gasteiger partial charge >= 0.3 is 0 Å². The number of hydrogen-bond acceptors (Lipinski definition) is 3. The summed E-state index contributed by atoms with van der Waals surface area (Å²) in [7, 11) is 2.24. The fourth-order valence-corrected chi connectivity index (χ4v) is 2.33. The molecule has 1 N–H and O–H groups in total. The lowest BCUT2D eigenvalue weighted by Crippen LogP contribution is -2.35. The van der Waals surface area contributed by atoms with Gasteiger partial charge in [0.1, 0.15) is 0 Å². The Bertz CT molecular complexity index is 167. The highest BCUT2D eigenvalue weighted by molar-refractivity contribution is 4.67. The predicted octanol–water partition coefficient (Wildman–Crippen LogP) is 1.79. The Morgan fingerprint density at radius 2 is 1.82 bits per heavy atom. The second kappa shape index (κ2) is 9.86.